The van der Waals surface area contributed by atoms with Gasteiger partial charge in [0.15, 0.2) is 5.78 Å². The summed E-state index contributed by atoms with van der Waals surface area (Å²) in [6.45, 7) is 1.73. The molecule has 0 radical (unpaired) electrons. The standard InChI is InChI=1S/C15H11BrF2O/c1-9-6-12(17)4-2-10(9)7-15(19)13-5-3-11(16)8-14(13)18/h2-6,8H,7H2,1H3. The Morgan fingerprint density at radius 2 is 1.89 bits per heavy atom. The van der Waals surface area contributed by atoms with Gasteiger partial charge in [0, 0.05) is 10.9 Å². The minimum absolute atomic E-state index is 0.0481. The summed E-state index contributed by atoms with van der Waals surface area (Å²) in [7, 11) is 0. The van der Waals surface area contributed by atoms with Crippen LogP contribution >= 0.6 is 15.9 Å². The third kappa shape index (κ3) is 3.26. The number of carbonyl (C=O) groups excluding carboxylic acids is 1. The van der Waals surface area contributed by atoms with Gasteiger partial charge in [-0.25, -0.2) is 8.78 Å². The SMILES string of the molecule is Cc1cc(F)ccc1CC(=O)c1ccc(Br)cc1F. The summed E-state index contributed by atoms with van der Waals surface area (Å²) < 4.78 is 27.2. The van der Waals surface area contributed by atoms with Crippen molar-refractivity contribution in [3.63, 3.8) is 0 Å². The first kappa shape index (κ1) is 13.9. The van der Waals surface area contributed by atoms with Crippen molar-refractivity contribution < 1.29 is 13.6 Å². The van der Waals surface area contributed by atoms with Crippen molar-refractivity contribution in [2.45, 2.75) is 13.3 Å². The predicted octanol–water partition coefficient (Wildman–Crippen LogP) is 4.46. The highest BCUT2D eigenvalue weighted by molar-refractivity contribution is 9.10. The Hall–Kier alpha value is -1.55. The van der Waals surface area contributed by atoms with Gasteiger partial charge in [-0.3, -0.25) is 4.79 Å². The molecule has 19 heavy (non-hydrogen) atoms. The predicted molar refractivity (Wildman–Crippen MR) is 73.3 cm³/mol. The van der Waals surface area contributed by atoms with Crippen LogP contribution in [0.15, 0.2) is 40.9 Å². The smallest absolute Gasteiger partial charge is 0.170 e. The van der Waals surface area contributed by atoms with E-state index in [0.29, 0.717) is 15.6 Å². The van der Waals surface area contributed by atoms with Crippen LogP contribution in [0.4, 0.5) is 8.78 Å². The maximum Gasteiger partial charge on any atom is 0.170 e. The summed E-state index contributed by atoms with van der Waals surface area (Å²) in [6, 6.07) is 8.53. The van der Waals surface area contributed by atoms with E-state index in [1.165, 1.54) is 24.3 Å². The van der Waals surface area contributed by atoms with Crippen molar-refractivity contribution in [2.24, 2.45) is 0 Å². The van der Waals surface area contributed by atoms with Gasteiger partial charge in [0.2, 0.25) is 0 Å². The molecule has 0 aliphatic heterocycles. The molecule has 1 nitrogen and oxygen atoms in total. The molecule has 0 amide bonds. The number of aryl methyl sites for hydroxylation is 1. The molecule has 2 aromatic rings. The van der Waals surface area contributed by atoms with Crippen LogP contribution in [0.1, 0.15) is 21.5 Å². The minimum Gasteiger partial charge on any atom is -0.294 e. The van der Waals surface area contributed by atoms with Gasteiger partial charge in [0.05, 0.1) is 5.56 Å². The van der Waals surface area contributed by atoms with E-state index >= 15 is 0 Å². The first-order chi connectivity index (χ1) is 8.97. The number of carbonyl (C=O) groups is 1. The van der Waals surface area contributed by atoms with E-state index in [-0.39, 0.29) is 23.6 Å². The Morgan fingerprint density at radius 3 is 2.53 bits per heavy atom. The molecule has 2 rings (SSSR count). The molecule has 0 aliphatic carbocycles. The fourth-order valence-corrected chi connectivity index (χ4v) is 2.17. The summed E-state index contributed by atoms with van der Waals surface area (Å²) in [5.74, 6) is -1.22. The summed E-state index contributed by atoms with van der Waals surface area (Å²) >= 11 is 3.14. The second-order valence-corrected chi connectivity index (χ2v) is 5.21. The number of Topliss-reactive ketones (excluding diaryl/α,β-unsaturated/α-hetero) is 1. The first-order valence-electron chi connectivity index (χ1n) is 5.70. The van der Waals surface area contributed by atoms with E-state index in [0.717, 1.165) is 0 Å². The molecule has 0 unspecified atom stereocenters. The number of halogens is 3. The normalized spacial score (nSPS) is 10.5. The zero-order chi connectivity index (χ0) is 14.0. The number of rotatable bonds is 3. The maximum atomic E-state index is 13.7. The molecule has 0 heterocycles. The van der Waals surface area contributed by atoms with Crippen LogP contribution in [0, 0.1) is 18.6 Å². The Balaban J connectivity index is 2.25. The Bertz CT molecular complexity index is 638. The van der Waals surface area contributed by atoms with Crippen molar-refractivity contribution in [1.82, 2.24) is 0 Å². The quantitative estimate of drug-likeness (QED) is 0.762. The highest BCUT2D eigenvalue weighted by Gasteiger charge is 2.13. The van der Waals surface area contributed by atoms with Gasteiger partial charge in [0.1, 0.15) is 11.6 Å². The largest absolute Gasteiger partial charge is 0.294 e. The molecule has 0 aromatic heterocycles. The van der Waals surface area contributed by atoms with Crippen LogP contribution in [0.2, 0.25) is 0 Å². The van der Waals surface area contributed by atoms with Gasteiger partial charge in [-0.15, -0.1) is 0 Å². The van der Waals surface area contributed by atoms with E-state index in [1.807, 2.05) is 0 Å². The first-order valence-corrected chi connectivity index (χ1v) is 6.50. The molecule has 4 heteroatoms. The van der Waals surface area contributed by atoms with Crippen molar-refractivity contribution in [3.05, 3.63) is 69.2 Å². The highest BCUT2D eigenvalue weighted by Crippen LogP contribution is 2.18. The third-order valence-electron chi connectivity index (χ3n) is 2.89. The summed E-state index contributed by atoms with van der Waals surface area (Å²) in [4.78, 5) is 12.0. The van der Waals surface area contributed by atoms with Crippen LogP contribution < -0.4 is 0 Å². The second-order valence-electron chi connectivity index (χ2n) is 4.29. The summed E-state index contributed by atoms with van der Waals surface area (Å²) in [5, 5.41) is 0. The lowest BCUT2D eigenvalue weighted by Crippen LogP contribution is -2.07. The van der Waals surface area contributed by atoms with Crippen molar-refractivity contribution in [3.8, 4) is 0 Å². The number of ketones is 1. The number of benzene rings is 2. The molecule has 0 saturated heterocycles. The molecular formula is C15H11BrF2O. The molecular weight excluding hydrogens is 314 g/mol. The molecule has 0 saturated carbocycles. The molecule has 0 aliphatic rings. The Kier molecular flexibility index (Phi) is 4.10. The van der Waals surface area contributed by atoms with E-state index < -0.39 is 5.82 Å². The van der Waals surface area contributed by atoms with Crippen LogP contribution in [-0.4, -0.2) is 5.78 Å². The van der Waals surface area contributed by atoms with Crippen LogP contribution in [-0.2, 0) is 6.42 Å². The van der Waals surface area contributed by atoms with Gasteiger partial charge in [-0.05, 0) is 48.4 Å². The molecule has 0 atom stereocenters. The molecule has 0 N–H and O–H groups in total. The fraction of sp³-hybridized carbons (Fsp3) is 0.133. The number of hydrogen-bond acceptors (Lipinski definition) is 1. The van der Waals surface area contributed by atoms with Crippen LogP contribution in [0.3, 0.4) is 0 Å². The van der Waals surface area contributed by atoms with E-state index in [2.05, 4.69) is 15.9 Å². The average molecular weight is 325 g/mol. The highest BCUT2D eigenvalue weighted by atomic mass is 79.9. The Morgan fingerprint density at radius 1 is 1.16 bits per heavy atom. The number of hydrogen-bond donors (Lipinski definition) is 0. The zero-order valence-corrected chi connectivity index (χ0v) is 11.8. The molecule has 0 spiro atoms. The van der Waals surface area contributed by atoms with Crippen molar-refractivity contribution in [2.75, 3.05) is 0 Å². The lowest BCUT2D eigenvalue weighted by atomic mass is 9.99. The monoisotopic (exact) mass is 324 g/mol. The molecule has 98 valence electrons. The zero-order valence-electron chi connectivity index (χ0n) is 10.2. The fourth-order valence-electron chi connectivity index (χ4n) is 1.84. The maximum absolute atomic E-state index is 13.7. The second kappa shape index (κ2) is 5.61. The molecule has 2 aromatic carbocycles. The summed E-state index contributed by atoms with van der Waals surface area (Å²) in [6.07, 6.45) is 0.0602. The van der Waals surface area contributed by atoms with Crippen LogP contribution in [0.5, 0.6) is 0 Å². The lowest BCUT2D eigenvalue weighted by Gasteiger charge is -2.06. The van der Waals surface area contributed by atoms with Gasteiger partial charge >= 0.3 is 0 Å². The van der Waals surface area contributed by atoms with Gasteiger partial charge in [-0.2, -0.15) is 0 Å². The van der Waals surface area contributed by atoms with Gasteiger partial charge in [-0.1, -0.05) is 22.0 Å². The van der Waals surface area contributed by atoms with Gasteiger partial charge < -0.3 is 0 Å². The Labute approximate surface area is 118 Å². The summed E-state index contributed by atoms with van der Waals surface area (Å²) in [5.41, 5.74) is 1.44. The van der Waals surface area contributed by atoms with E-state index in [9.17, 15) is 13.6 Å². The minimum atomic E-state index is -0.556. The average Bonchev–Trinajstić information content (AvgIpc) is 2.32. The molecule has 0 bridgehead atoms. The van der Waals surface area contributed by atoms with Crippen molar-refractivity contribution in [1.29, 1.82) is 0 Å². The third-order valence-corrected chi connectivity index (χ3v) is 3.38. The van der Waals surface area contributed by atoms with Crippen LogP contribution in [0.25, 0.3) is 0 Å². The van der Waals surface area contributed by atoms with E-state index in [1.54, 1.807) is 19.1 Å². The topological polar surface area (TPSA) is 17.1 Å². The van der Waals surface area contributed by atoms with Gasteiger partial charge in [0.25, 0.3) is 0 Å². The lowest BCUT2D eigenvalue weighted by molar-refractivity contribution is 0.0989. The van der Waals surface area contributed by atoms with Crippen molar-refractivity contribution >= 4 is 21.7 Å². The van der Waals surface area contributed by atoms with E-state index in [4.69, 9.17) is 0 Å². The molecule has 0 fully saturated rings.